The van der Waals surface area contributed by atoms with Crippen LogP contribution in [0.2, 0.25) is 20.1 Å². The van der Waals surface area contributed by atoms with E-state index in [4.69, 9.17) is 72.9 Å². The summed E-state index contributed by atoms with van der Waals surface area (Å²) in [7, 11) is 0. The summed E-state index contributed by atoms with van der Waals surface area (Å²) in [5.41, 5.74) is 15.2. The number of aliphatic imine (C=N–C) groups is 2. The van der Waals surface area contributed by atoms with E-state index >= 15 is 0 Å². The fraction of sp³-hybridized carbons (Fsp3) is 0.0968. The maximum Gasteiger partial charge on any atom is 2.00 e. The van der Waals surface area contributed by atoms with Crippen LogP contribution in [-0.4, -0.2) is 10.1 Å². The number of hydrogen-bond donors (Lipinski definition) is 0. The van der Waals surface area contributed by atoms with Crippen molar-refractivity contribution in [3.05, 3.63) is 262 Å². The van der Waals surface area contributed by atoms with Crippen molar-refractivity contribution < 1.29 is 16.5 Å². The third-order valence-corrected chi connectivity index (χ3v) is 16.8. The number of nitriles is 1. The first-order valence-electron chi connectivity index (χ1n) is 23.7. The number of thioether (sulfide) groups is 2. The molecule has 6 nitrogen and oxygen atoms in total. The molecule has 2 aromatic heterocycles. The molecule has 4 heterocycles. The van der Waals surface area contributed by atoms with Gasteiger partial charge in [-0.25, -0.2) is 14.8 Å². The average molecular weight is 1200 g/mol. The Morgan fingerprint density at radius 1 is 0.519 bits per heavy atom. The molecule has 2 aliphatic rings. The first-order valence-corrected chi connectivity index (χ1v) is 28.4. The van der Waals surface area contributed by atoms with Crippen molar-refractivity contribution >= 4 is 120 Å². The Morgan fingerprint density at radius 2 is 0.974 bits per heavy atom. The van der Waals surface area contributed by atoms with Crippen LogP contribution in [0.5, 0.6) is 0 Å². The van der Waals surface area contributed by atoms with Gasteiger partial charge in [-0.2, -0.15) is 5.26 Å². The number of rotatable bonds is 10. The molecule has 6 aromatic carbocycles. The summed E-state index contributed by atoms with van der Waals surface area (Å²) in [6, 6.07) is 47.5. The van der Waals surface area contributed by atoms with Crippen LogP contribution in [0, 0.1) is 59.4 Å². The van der Waals surface area contributed by atoms with Crippen LogP contribution in [-0.2, 0) is 16.5 Å². The molecular weight excluding hydrogens is 1160 g/mol. The van der Waals surface area contributed by atoms with Gasteiger partial charge in [-0.1, -0.05) is 134 Å². The Labute approximate surface area is 497 Å². The van der Waals surface area contributed by atoms with Gasteiger partial charge in [-0.3, -0.25) is 0 Å². The molecule has 0 saturated heterocycles. The number of hydrogen-bond acceptors (Lipinski definition) is 7. The van der Waals surface area contributed by atoms with Gasteiger partial charge in [0.1, 0.15) is 16.2 Å². The number of nitrogens with zero attached hydrogens (tertiary/aromatic N) is 6. The van der Waals surface area contributed by atoms with Crippen LogP contribution in [0.15, 0.2) is 214 Å². The van der Waals surface area contributed by atoms with Crippen molar-refractivity contribution in [3.63, 3.8) is 0 Å². The van der Waals surface area contributed by atoms with Gasteiger partial charge in [0.2, 0.25) is 0 Å². The summed E-state index contributed by atoms with van der Waals surface area (Å²) in [6.07, 6.45) is 5.92. The van der Waals surface area contributed by atoms with Crippen LogP contribution in [0.4, 0.5) is 5.69 Å². The second-order valence-corrected chi connectivity index (χ2v) is 23.8. The predicted molar refractivity (Wildman–Crippen MR) is 323 cm³/mol. The summed E-state index contributed by atoms with van der Waals surface area (Å²) in [6.45, 7) is 20.5. The van der Waals surface area contributed by atoms with E-state index in [9.17, 15) is 5.26 Å². The second kappa shape index (κ2) is 25.8. The smallest absolute Gasteiger partial charge is 0.662 e. The van der Waals surface area contributed by atoms with Crippen molar-refractivity contribution in [1.82, 2.24) is 9.97 Å². The number of allylic oxidation sites excluding steroid dienone is 2. The molecule has 0 saturated carbocycles. The molecule has 10 rings (SSSR count). The summed E-state index contributed by atoms with van der Waals surface area (Å²) in [5, 5.41) is 15.8. The van der Waals surface area contributed by atoms with E-state index in [0.29, 0.717) is 41.4 Å². The van der Waals surface area contributed by atoms with E-state index in [-0.39, 0.29) is 16.5 Å². The molecule has 15 heteroatoms. The van der Waals surface area contributed by atoms with E-state index in [1.54, 1.807) is 23.5 Å². The zero-order chi connectivity index (χ0) is 53.6. The largest absolute Gasteiger partial charge is 2.00 e. The molecule has 2 aliphatic heterocycles. The Bertz CT molecular complexity index is 3770. The molecule has 0 spiro atoms. The zero-order valence-electron chi connectivity index (χ0n) is 42.2. The van der Waals surface area contributed by atoms with E-state index < -0.39 is 0 Å². The molecule has 0 N–H and O–H groups in total. The molecule has 384 valence electrons. The summed E-state index contributed by atoms with van der Waals surface area (Å²) >= 11 is 30.3. The minimum Gasteiger partial charge on any atom is -0.662 e. The van der Waals surface area contributed by atoms with Gasteiger partial charge in [-0.15, -0.1) is 34.9 Å². The minimum absolute atomic E-state index is 0. The molecule has 77 heavy (non-hydrogen) atoms. The average Bonchev–Trinajstić information content (AvgIpc) is 4.22. The summed E-state index contributed by atoms with van der Waals surface area (Å²) in [4.78, 5) is 27.8. The minimum atomic E-state index is 0. The maximum atomic E-state index is 9.95. The third-order valence-electron chi connectivity index (χ3n) is 11.9. The summed E-state index contributed by atoms with van der Waals surface area (Å²) < 4.78 is 0. The fourth-order valence-corrected chi connectivity index (χ4v) is 12.6. The number of aryl methyl sites for hydroxylation is 6. The first-order chi connectivity index (χ1) is 36.6. The van der Waals surface area contributed by atoms with Gasteiger partial charge < -0.3 is 9.97 Å². The van der Waals surface area contributed by atoms with Gasteiger partial charge in [-0.05, 0) is 201 Å². The molecule has 0 fully saturated rings. The van der Waals surface area contributed by atoms with Gasteiger partial charge in [0.25, 0.3) is 0 Å². The Hall–Kier alpha value is -5.79. The maximum absolute atomic E-state index is 9.95. The molecule has 0 aliphatic carbocycles. The molecule has 0 atom stereocenters. The summed E-state index contributed by atoms with van der Waals surface area (Å²) in [5.74, 6) is 0. The fourth-order valence-electron chi connectivity index (χ4n) is 8.84. The van der Waals surface area contributed by atoms with Crippen molar-refractivity contribution in [1.29, 1.82) is 5.26 Å². The van der Waals surface area contributed by atoms with Gasteiger partial charge in [0, 0.05) is 39.7 Å². The van der Waals surface area contributed by atoms with E-state index in [1.807, 2.05) is 133 Å². The van der Waals surface area contributed by atoms with Crippen LogP contribution < -0.4 is 9.97 Å². The van der Waals surface area contributed by atoms with Crippen molar-refractivity contribution in [2.75, 3.05) is 0 Å². The molecule has 0 amide bonds. The quantitative estimate of drug-likeness (QED) is 0.0997. The second-order valence-electron chi connectivity index (χ2n) is 17.8. The van der Waals surface area contributed by atoms with E-state index in [2.05, 4.69) is 76.7 Å². The topological polar surface area (TPSA) is 81.1 Å². The molecule has 8 aromatic rings. The normalized spacial score (nSPS) is 13.9. The van der Waals surface area contributed by atoms with Crippen LogP contribution in [0.25, 0.3) is 16.0 Å². The van der Waals surface area contributed by atoms with E-state index in [0.717, 1.165) is 97.0 Å². The van der Waals surface area contributed by atoms with Crippen LogP contribution in [0.1, 0.15) is 55.9 Å². The number of aromatic nitrogens is 2. The SMILES string of the molecule is Cc1cc(C)c(/C(=C2\C=C(C#N)C(Sc3ccc(Cl)cc3)=N2)c2ccc(Sc3ccc(Cl)cc3)[n-]2)c(C)c1.[C-]#[N+]c1cc(/C(=C2/C=CC(Sc3ccc(Cl)cc3)=N2)c2c(C)cc(C)cc2C)[n-]c1Sc1ccc(Cl)cc1.[Ni+2]. The first kappa shape index (κ1) is 57.4. The zero-order valence-corrected chi connectivity index (χ0v) is 49.4. The van der Waals surface area contributed by atoms with Crippen LogP contribution in [0.3, 0.4) is 0 Å². The van der Waals surface area contributed by atoms with E-state index in [1.165, 1.54) is 34.7 Å². The van der Waals surface area contributed by atoms with Crippen molar-refractivity contribution in [2.45, 2.75) is 71.2 Å². The van der Waals surface area contributed by atoms with Gasteiger partial charge in [0.05, 0.1) is 23.5 Å². The number of halogens is 4. The molecule has 0 bridgehead atoms. The molecule has 0 unspecified atom stereocenters. The number of benzene rings is 6. The van der Waals surface area contributed by atoms with Crippen molar-refractivity contribution in [3.8, 4) is 6.07 Å². The Morgan fingerprint density at radius 3 is 1.45 bits per heavy atom. The standard InChI is InChI=1S/2C31H22Cl2N3S2.Ni/c1-18-15-19(2)29(20(3)16-18)30(25-13-14-28(35-25)37-23-9-5-21(32)6-10-23)26-17-27(34-4)31(36-26)38-24-11-7-22(33)8-12-24;1-18-14-19(2)29(20(3)15-18)30(26-12-13-28(35-26)37-24-8-4-22(32)5-9-24)27-16-21(17-34)31(36-27)38-25-10-6-23(33)7-11-25;/h5-17H,1-3H3;4-16H,1-3H3;/q2*-1;+2/b30-25+;30-27+;. The van der Waals surface area contributed by atoms with Gasteiger partial charge >= 0.3 is 16.5 Å². The Balaban J connectivity index is 0.000000201. The molecular formula is C62H44Cl4N6NiS4. The predicted octanol–water partition coefficient (Wildman–Crippen LogP) is 19.5. The van der Waals surface area contributed by atoms with Crippen LogP contribution >= 0.6 is 93.5 Å². The monoisotopic (exact) mass is 1200 g/mol. The van der Waals surface area contributed by atoms with Crippen molar-refractivity contribution in [2.24, 2.45) is 9.98 Å². The van der Waals surface area contributed by atoms with Gasteiger partial charge in [0.15, 0.2) is 5.69 Å². The molecule has 0 radical (unpaired) electrons. The third kappa shape index (κ3) is 14.1. The Kier molecular flexibility index (Phi) is 19.2.